The van der Waals surface area contributed by atoms with Crippen molar-refractivity contribution < 1.29 is 17.5 Å². The highest BCUT2D eigenvalue weighted by atomic mass is 32.2. The average molecular weight is 467 g/mol. The second kappa shape index (κ2) is 9.40. The molecule has 4 heterocycles. The standard InChI is InChI=1S/C21H31FN6O3S/c1-14(2)19-10-16-4-5-18(26-32(3,29)30)20(28(16)25-19)13-31-17-6-8-27(9-7-17)21-23-11-15(22)12-24-21/h10-12,14,17-18,20,26H,4-9,13H2,1-3H3. The summed E-state index contributed by atoms with van der Waals surface area (Å²) in [5.41, 5.74) is 2.13. The van der Waals surface area contributed by atoms with E-state index >= 15 is 0 Å². The Kier molecular flexibility index (Phi) is 6.78. The van der Waals surface area contributed by atoms with Gasteiger partial charge in [0.2, 0.25) is 16.0 Å². The summed E-state index contributed by atoms with van der Waals surface area (Å²) >= 11 is 0. The molecule has 1 N–H and O–H groups in total. The monoisotopic (exact) mass is 466 g/mol. The van der Waals surface area contributed by atoms with Gasteiger partial charge < -0.3 is 9.64 Å². The second-order valence-electron chi connectivity index (χ2n) is 8.98. The van der Waals surface area contributed by atoms with Crippen molar-refractivity contribution >= 4 is 16.0 Å². The lowest BCUT2D eigenvalue weighted by Crippen LogP contribution is -2.47. The molecule has 2 unspecified atom stereocenters. The summed E-state index contributed by atoms with van der Waals surface area (Å²) in [6.07, 6.45) is 6.67. The highest BCUT2D eigenvalue weighted by molar-refractivity contribution is 7.88. The van der Waals surface area contributed by atoms with E-state index in [1.807, 2.05) is 9.58 Å². The van der Waals surface area contributed by atoms with E-state index in [2.05, 4.69) is 34.6 Å². The molecule has 2 aromatic heterocycles. The van der Waals surface area contributed by atoms with Crippen molar-refractivity contribution in [3.63, 3.8) is 0 Å². The van der Waals surface area contributed by atoms with E-state index in [9.17, 15) is 12.8 Å². The van der Waals surface area contributed by atoms with Crippen LogP contribution in [0.15, 0.2) is 18.5 Å². The van der Waals surface area contributed by atoms with Gasteiger partial charge in [-0.2, -0.15) is 5.10 Å². The van der Waals surface area contributed by atoms with Crippen LogP contribution in [0.3, 0.4) is 0 Å². The van der Waals surface area contributed by atoms with Gasteiger partial charge in [-0.05, 0) is 37.7 Å². The maximum absolute atomic E-state index is 13.1. The molecule has 32 heavy (non-hydrogen) atoms. The minimum absolute atomic E-state index is 0.0519. The molecule has 2 aliphatic rings. The minimum atomic E-state index is -3.35. The third-order valence-corrected chi connectivity index (χ3v) is 6.84. The molecule has 0 bridgehead atoms. The van der Waals surface area contributed by atoms with Gasteiger partial charge in [0.1, 0.15) is 0 Å². The predicted octanol–water partition coefficient (Wildman–Crippen LogP) is 2.03. The first kappa shape index (κ1) is 23.1. The lowest BCUT2D eigenvalue weighted by atomic mass is 9.98. The van der Waals surface area contributed by atoms with Crippen LogP contribution in [0, 0.1) is 5.82 Å². The molecule has 11 heteroatoms. The van der Waals surface area contributed by atoms with Crippen molar-refractivity contribution in [1.82, 2.24) is 24.5 Å². The minimum Gasteiger partial charge on any atom is -0.376 e. The molecular weight excluding hydrogens is 435 g/mol. The number of hydrogen-bond donors (Lipinski definition) is 1. The Morgan fingerprint density at radius 2 is 1.91 bits per heavy atom. The number of ether oxygens (including phenoxy) is 1. The smallest absolute Gasteiger partial charge is 0.225 e. The number of nitrogens with one attached hydrogen (secondary N) is 1. The number of anilines is 1. The third kappa shape index (κ3) is 5.44. The molecule has 1 fully saturated rings. The number of hydrogen-bond acceptors (Lipinski definition) is 7. The van der Waals surface area contributed by atoms with Crippen molar-refractivity contribution in [2.45, 2.75) is 63.6 Å². The molecular formula is C21H31FN6O3S. The third-order valence-electron chi connectivity index (χ3n) is 6.11. The van der Waals surface area contributed by atoms with Crippen LogP contribution in [0.25, 0.3) is 0 Å². The predicted molar refractivity (Wildman–Crippen MR) is 119 cm³/mol. The molecule has 1 saturated heterocycles. The Bertz CT molecular complexity index is 1020. The zero-order chi connectivity index (χ0) is 22.9. The van der Waals surface area contributed by atoms with Crippen LogP contribution in [0.5, 0.6) is 0 Å². The van der Waals surface area contributed by atoms with Gasteiger partial charge in [0.25, 0.3) is 0 Å². The van der Waals surface area contributed by atoms with Crippen LogP contribution in [0.1, 0.15) is 56.5 Å². The number of piperidine rings is 1. The summed E-state index contributed by atoms with van der Waals surface area (Å²) in [6.45, 7) is 6.03. The van der Waals surface area contributed by atoms with E-state index in [-0.39, 0.29) is 18.2 Å². The zero-order valence-corrected chi connectivity index (χ0v) is 19.6. The highest BCUT2D eigenvalue weighted by Crippen LogP contribution is 2.29. The fourth-order valence-corrected chi connectivity index (χ4v) is 5.23. The van der Waals surface area contributed by atoms with Gasteiger partial charge in [0.05, 0.1) is 43.1 Å². The van der Waals surface area contributed by atoms with Gasteiger partial charge >= 0.3 is 0 Å². The van der Waals surface area contributed by atoms with Crippen molar-refractivity contribution in [1.29, 1.82) is 0 Å². The molecule has 176 valence electrons. The Morgan fingerprint density at radius 1 is 1.22 bits per heavy atom. The van der Waals surface area contributed by atoms with Gasteiger partial charge in [0.15, 0.2) is 5.82 Å². The number of aryl methyl sites for hydroxylation is 1. The fraction of sp³-hybridized carbons (Fsp3) is 0.667. The summed E-state index contributed by atoms with van der Waals surface area (Å²) in [7, 11) is -3.35. The zero-order valence-electron chi connectivity index (χ0n) is 18.7. The van der Waals surface area contributed by atoms with Gasteiger partial charge in [0, 0.05) is 24.8 Å². The highest BCUT2D eigenvalue weighted by Gasteiger charge is 2.34. The first-order valence-corrected chi connectivity index (χ1v) is 13.0. The Balaban J connectivity index is 1.41. The maximum atomic E-state index is 13.1. The first-order valence-electron chi connectivity index (χ1n) is 11.1. The number of aromatic nitrogens is 4. The van der Waals surface area contributed by atoms with E-state index in [1.54, 1.807) is 0 Å². The molecule has 0 amide bonds. The number of rotatable bonds is 7. The molecule has 0 saturated carbocycles. The van der Waals surface area contributed by atoms with Crippen LogP contribution in [-0.2, 0) is 21.2 Å². The van der Waals surface area contributed by atoms with Crippen LogP contribution in [-0.4, -0.2) is 66.3 Å². The van der Waals surface area contributed by atoms with Gasteiger partial charge in [-0.1, -0.05) is 13.8 Å². The molecule has 4 rings (SSSR count). The van der Waals surface area contributed by atoms with Crippen molar-refractivity contribution in [3.8, 4) is 0 Å². The summed E-state index contributed by atoms with van der Waals surface area (Å²) in [6, 6.07) is 1.67. The Morgan fingerprint density at radius 3 is 2.53 bits per heavy atom. The van der Waals surface area contributed by atoms with Gasteiger partial charge in [-0.25, -0.2) is 27.5 Å². The summed E-state index contributed by atoms with van der Waals surface area (Å²) in [4.78, 5) is 10.1. The van der Waals surface area contributed by atoms with E-state index in [1.165, 1.54) is 18.6 Å². The second-order valence-corrected chi connectivity index (χ2v) is 10.8. The normalized spacial score (nSPS) is 22.3. The molecule has 2 aromatic rings. The SMILES string of the molecule is CC(C)c1cc2n(n1)C(COC1CCN(c3ncc(F)cn3)CC1)C(NS(C)(=O)=O)CC2. The first-order chi connectivity index (χ1) is 15.2. The summed E-state index contributed by atoms with van der Waals surface area (Å²) < 4.78 is 48.0. The molecule has 2 atom stereocenters. The quantitative estimate of drug-likeness (QED) is 0.666. The van der Waals surface area contributed by atoms with E-state index < -0.39 is 15.8 Å². The Labute approximate surface area is 188 Å². The molecule has 0 aromatic carbocycles. The van der Waals surface area contributed by atoms with E-state index in [0.29, 0.717) is 24.9 Å². The summed E-state index contributed by atoms with van der Waals surface area (Å²) in [5.74, 6) is 0.376. The largest absolute Gasteiger partial charge is 0.376 e. The van der Waals surface area contributed by atoms with Crippen LogP contribution in [0.2, 0.25) is 0 Å². The van der Waals surface area contributed by atoms with Gasteiger partial charge in [-0.15, -0.1) is 0 Å². The number of nitrogens with zero attached hydrogens (tertiary/aromatic N) is 5. The Hall–Kier alpha value is -2.11. The van der Waals surface area contributed by atoms with Crippen LogP contribution >= 0.6 is 0 Å². The fourth-order valence-electron chi connectivity index (χ4n) is 4.40. The van der Waals surface area contributed by atoms with E-state index in [0.717, 1.165) is 43.7 Å². The lowest BCUT2D eigenvalue weighted by Gasteiger charge is -2.36. The topological polar surface area (TPSA) is 102 Å². The average Bonchev–Trinajstić information content (AvgIpc) is 3.18. The number of fused-ring (bicyclic) bond motifs is 1. The molecule has 2 aliphatic heterocycles. The molecule has 0 radical (unpaired) electrons. The van der Waals surface area contributed by atoms with Crippen molar-refractivity contribution in [3.05, 3.63) is 35.7 Å². The van der Waals surface area contributed by atoms with E-state index in [4.69, 9.17) is 9.84 Å². The van der Waals surface area contributed by atoms with Crippen LogP contribution in [0.4, 0.5) is 10.3 Å². The lowest BCUT2D eigenvalue weighted by molar-refractivity contribution is 0.00597. The number of halogens is 1. The van der Waals surface area contributed by atoms with Gasteiger partial charge in [-0.3, -0.25) is 4.68 Å². The van der Waals surface area contributed by atoms with Crippen LogP contribution < -0.4 is 9.62 Å². The maximum Gasteiger partial charge on any atom is 0.225 e. The molecule has 0 aliphatic carbocycles. The summed E-state index contributed by atoms with van der Waals surface area (Å²) in [5, 5.41) is 4.78. The molecule has 0 spiro atoms. The van der Waals surface area contributed by atoms with Crippen molar-refractivity contribution in [2.75, 3.05) is 30.9 Å². The number of sulfonamides is 1. The molecule has 9 nitrogen and oxygen atoms in total. The van der Waals surface area contributed by atoms with Crippen molar-refractivity contribution in [2.24, 2.45) is 0 Å².